The topological polar surface area (TPSA) is 44.0 Å². The number of nitrogens with one attached hydrogen (secondary N) is 2. The lowest BCUT2D eigenvalue weighted by Crippen LogP contribution is -2.62. The van der Waals surface area contributed by atoms with Gasteiger partial charge in [-0.15, -0.1) is 0 Å². The van der Waals surface area contributed by atoms with Crippen molar-refractivity contribution in [1.82, 2.24) is 14.9 Å². The molecule has 132 valence electrons. The molecule has 3 aliphatic heterocycles. The predicted molar refractivity (Wildman–Crippen MR) is 105 cm³/mol. The second kappa shape index (κ2) is 5.58. The van der Waals surface area contributed by atoms with Crippen LogP contribution in [0.3, 0.4) is 0 Å². The minimum absolute atomic E-state index is 0.631. The summed E-state index contributed by atoms with van der Waals surface area (Å²) in [5, 5.41) is 5.07. The smallest absolute Gasteiger partial charge is 0.0703 e. The fourth-order valence-electron chi connectivity index (χ4n) is 5.70. The van der Waals surface area contributed by atoms with Gasteiger partial charge in [-0.1, -0.05) is 6.07 Å². The van der Waals surface area contributed by atoms with E-state index in [4.69, 9.17) is 4.98 Å². The van der Waals surface area contributed by atoms with Crippen LogP contribution in [-0.2, 0) is 0 Å². The SMILES string of the molecule is c1cc2cc(-c3ccc(NC4C5CC6CC4CN(C6)C5)cn3)ccc2[nH]1. The van der Waals surface area contributed by atoms with E-state index in [1.54, 1.807) is 0 Å². The van der Waals surface area contributed by atoms with Crippen LogP contribution in [0.4, 0.5) is 5.69 Å². The van der Waals surface area contributed by atoms with E-state index in [9.17, 15) is 0 Å². The first kappa shape index (κ1) is 14.8. The number of aromatic amines is 1. The van der Waals surface area contributed by atoms with Crippen molar-refractivity contribution in [2.24, 2.45) is 17.8 Å². The lowest BCUT2D eigenvalue weighted by molar-refractivity contribution is -0.0269. The molecule has 3 aromatic rings. The van der Waals surface area contributed by atoms with E-state index >= 15 is 0 Å². The highest BCUT2D eigenvalue weighted by atomic mass is 15.2. The number of aromatic nitrogens is 2. The monoisotopic (exact) mass is 344 g/mol. The molecule has 2 aromatic heterocycles. The van der Waals surface area contributed by atoms with Crippen molar-refractivity contribution in [3.63, 3.8) is 0 Å². The molecule has 4 aliphatic rings. The molecular formula is C22H24N4. The van der Waals surface area contributed by atoms with Gasteiger partial charge in [-0.05, 0) is 60.9 Å². The van der Waals surface area contributed by atoms with Crippen LogP contribution in [0.1, 0.15) is 12.8 Å². The Kier molecular flexibility index (Phi) is 3.18. The molecule has 26 heavy (non-hydrogen) atoms. The fraction of sp³-hybridized carbons (Fsp3) is 0.409. The molecule has 1 aliphatic carbocycles. The van der Waals surface area contributed by atoms with Gasteiger partial charge < -0.3 is 15.2 Å². The van der Waals surface area contributed by atoms with Gasteiger partial charge in [0.05, 0.1) is 17.6 Å². The summed E-state index contributed by atoms with van der Waals surface area (Å²) >= 11 is 0. The van der Waals surface area contributed by atoms with Gasteiger partial charge in [-0.3, -0.25) is 4.98 Å². The van der Waals surface area contributed by atoms with Crippen LogP contribution in [0, 0.1) is 17.8 Å². The highest BCUT2D eigenvalue weighted by Gasteiger charge is 2.47. The van der Waals surface area contributed by atoms with Crippen molar-refractivity contribution >= 4 is 16.6 Å². The number of fused-ring (bicyclic) bond motifs is 1. The van der Waals surface area contributed by atoms with Crippen LogP contribution in [-0.4, -0.2) is 40.5 Å². The number of pyridine rings is 1. The molecule has 0 amide bonds. The van der Waals surface area contributed by atoms with Crippen molar-refractivity contribution in [3.05, 3.63) is 48.8 Å². The van der Waals surface area contributed by atoms with Crippen LogP contribution in [0.25, 0.3) is 22.2 Å². The molecule has 4 fully saturated rings. The van der Waals surface area contributed by atoms with Crippen LogP contribution in [0.15, 0.2) is 48.8 Å². The van der Waals surface area contributed by atoms with E-state index in [1.165, 1.54) is 54.6 Å². The van der Waals surface area contributed by atoms with E-state index in [-0.39, 0.29) is 0 Å². The van der Waals surface area contributed by atoms with Crippen molar-refractivity contribution in [2.75, 3.05) is 25.0 Å². The quantitative estimate of drug-likeness (QED) is 0.755. The first-order valence-corrected chi connectivity index (χ1v) is 9.84. The lowest BCUT2D eigenvalue weighted by Gasteiger charge is -2.56. The van der Waals surface area contributed by atoms with Gasteiger partial charge >= 0.3 is 0 Å². The third-order valence-electron chi connectivity index (χ3n) is 6.74. The van der Waals surface area contributed by atoms with E-state index in [0.29, 0.717) is 6.04 Å². The number of H-pyrrole nitrogens is 1. The summed E-state index contributed by atoms with van der Waals surface area (Å²) in [5.41, 5.74) is 4.55. The summed E-state index contributed by atoms with van der Waals surface area (Å²) in [5.74, 6) is 2.59. The highest BCUT2D eigenvalue weighted by molar-refractivity contribution is 5.84. The Labute approximate surface area is 153 Å². The fourth-order valence-corrected chi connectivity index (χ4v) is 5.70. The maximum absolute atomic E-state index is 4.74. The predicted octanol–water partition coefficient (Wildman–Crippen LogP) is 3.98. The van der Waals surface area contributed by atoms with Crippen molar-refractivity contribution in [1.29, 1.82) is 0 Å². The Hall–Kier alpha value is -2.33. The standard InChI is InChI=1S/C22H24N4/c1-3-20-16(5-6-23-20)9-15(1)21-4-2-19(10-24-21)25-22-17-7-14-8-18(22)13-26(11-14)12-17/h1-6,9-10,14,17-18,22-23,25H,7-8,11-13H2. The van der Waals surface area contributed by atoms with E-state index in [1.807, 2.05) is 12.4 Å². The maximum atomic E-state index is 4.74. The summed E-state index contributed by atoms with van der Waals surface area (Å²) < 4.78 is 0. The van der Waals surface area contributed by atoms with Gasteiger partial charge in [0.2, 0.25) is 0 Å². The van der Waals surface area contributed by atoms with Gasteiger partial charge in [-0.2, -0.15) is 0 Å². The van der Waals surface area contributed by atoms with Crippen LogP contribution in [0.5, 0.6) is 0 Å². The Bertz CT molecular complexity index is 914. The lowest BCUT2D eigenvalue weighted by atomic mass is 9.65. The maximum Gasteiger partial charge on any atom is 0.0703 e. The van der Waals surface area contributed by atoms with Gasteiger partial charge in [0.1, 0.15) is 0 Å². The molecule has 4 nitrogen and oxygen atoms in total. The average molecular weight is 344 g/mol. The van der Waals surface area contributed by atoms with E-state index < -0.39 is 0 Å². The average Bonchev–Trinajstić information content (AvgIpc) is 3.12. The number of piperidine rings is 3. The third-order valence-corrected chi connectivity index (χ3v) is 6.74. The zero-order valence-corrected chi connectivity index (χ0v) is 14.9. The Morgan fingerprint density at radius 3 is 2.65 bits per heavy atom. The zero-order valence-electron chi connectivity index (χ0n) is 14.9. The minimum Gasteiger partial charge on any atom is -0.380 e. The summed E-state index contributed by atoms with van der Waals surface area (Å²) in [6.45, 7) is 3.92. The molecule has 2 N–H and O–H groups in total. The second-order valence-corrected chi connectivity index (χ2v) is 8.46. The zero-order chi connectivity index (χ0) is 17.1. The first-order valence-electron chi connectivity index (χ1n) is 9.84. The molecule has 0 radical (unpaired) electrons. The van der Waals surface area contributed by atoms with Crippen molar-refractivity contribution in [2.45, 2.75) is 18.9 Å². The third kappa shape index (κ3) is 2.36. The summed E-state index contributed by atoms with van der Waals surface area (Å²) in [6.07, 6.45) is 6.82. The molecule has 2 unspecified atom stereocenters. The summed E-state index contributed by atoms with van der Waals surface area (Å²) in [7, 11) is 0. The van der Waals surface area contributed by atoms with Crippen LogP contribution < -0.4 is 5.32 Å². The van der Waals surface area contributed by atoms with Crippen molar-refractivity contribution in [3.8, 4) is 11.3 Å². The molecule has 2 atom stereocenters. The van der Waals surface area contributed by atoms with Gasteiger partial charge in [0, 0.05) is 48.3 Å². The number of rotatable bonds is 3. The molecule has 0 spiro atoms. The van der Waals surface area contributed by atoms with Crippen LogP contribution >= 0.6 is 0 Å². The van der Waals surface area contributed by atoms with Gasteiger partial charge in [0.25, 0.3) is 0 Å². The first-order chi connectivity index (χ1) is 12.8. The molecule has 5 heterocycles. The Morgan fingerprint density at radius 2 is 1.88 bits per heavy atom. The number of hydrogen-bond donors (Lipinski definition) is 2. The minimum atomic E-state index is 0.631. The van der Waals surface area contributed by atoms with E-state index in [0.717, 1.165) is 23.4 Å². The summed E-state index contributed by atoms with van der Waals surface area (Å²) in [6, 6.07) is 13.6. The molecular weight excluding hydrogens is 320 g/mol. The number of nitrogens with zero attached hydrogens (tertiary/aromatic N) is 2. The van der Waals surface area contributed by atoms with Gasteiger partial charge in [-0.25, -0.2) is 0 Å². The number of benzene rings is 1. The molecule has 1 aromatic carbocycles. The van der Waals surface area contributed by atoms with Crippen molar-refractivity contribution < 1.29 is 0 Å². The Morgan fingerprint density at radius 1 is 1.00 bits per heavy atom. The highest BCUT2D eigenvalue weighted by Crippen LogP contribution is 2.44. The second-order valence-electron chi connectivity index (χ2n) is 8.46. The Balaban J connectivity index is 1.23. The molecule has 1 saturated carbocycles. The number of anilines is 1. The normalized spacial score (nSPS) is 32.2. The van der Waals surface area contributed by atoms with E-state index in [2.05, 4.69) is 51.6 Å². The molecule has 4 heteroatoms. The van der Waals surface area contributed by atoms with Gasteiger partial charge in [0.15, 0.2) is 0 Å². The molecule has 3 saturated heterocycles. The molecule has 7 rings (SSSR count). The largest absolute Gasteiger partial charge is 0.380 e. The summed E-state index contributed by atoms with van der Waals surface area (Å²) in [4.78, 5) is 10.7. The molecule has 4 bridgehead atoms. The van der Waals surface area contributed by atoms with Crippen LogP contribution in [0.2, 0.25) is 0 Å². The number of hydrogen-bond acceptors (Lipinski definition) is 3.